The number of benzene rings is 2. The highest BCUT2D eigenvalue weighted by Gasteiger charge is 2.22. The van der Waals surface area contributed by atoms with Gasteiger partial charge in [0.05, 0.1) is 0 Å². The third-order valence-electron chi connectivity index (χ3n) is 4.50. The Balaban J connectivity index is 1.44. The molecule has 2 amide bonds. The average Bonchev–Trinajstić information content (AvgIpc) is 2.68. The van der Waals surface area contributed by atoms with Gasteiger partial charge < -0.3 is 15.1 Å². The second kappa shape index (κ2) is 8.72. The number of hydrogen-bond donors (Lipinski definition) is 1. The summed E-state index contributed by atoms with van der Waals surface area (Å²) >= 11 is 6.07. The van der Waals surface area contributed by atoms with Gasteiger partial charge in [-0.2, -0.15) is 0 Å². The van der Waals surface area contributed by atoms with Crippen LogP contribution in [0.2, 0.25) is 5.02 Å². The van der Waals surface area contributed by atoms with Crippen LogP contribution in [0.25, 0.3) is 0 Å². The maximum atomic E-state index is 12.4. The van der Waals surface area contributed by atoms with Gasteiger partial charge in [-0.3, -0.25) is 9.59 Å². The van der Waals surface area contributed by atoms with E-state index in [-0.39, 0.29) is 18.2 Å². The maximum Gasteiger partial charge on any atom is 0.232 e. The molecular formula is C20H22ClN3O2. The predicted molar refractivity (Wildman–Crippen MR) is 103 cm³/mol. The summed E-state index contributed by atoms with van der Waals surface area (Å²) in [6, 6.07) is 17.5. The van der Waals surface area contributed by atoms with E-state index in [2.05, 4.69) is 22.3 Å². The summed E-state index contributed by atoms with van der Waals surface area (Å²) in [6.07, 6.45) is -0.129. The van der Waals surface area contributed by atoms with Crippen molar-refractivity contribution in [2.45, 2.75) is 13.0 Å². The number of carbonyl (C=O) groups is 2. The number of halogens is 1. The molecule has 1 saturated heterocycles. The van der Waals surface area contributed by atoms with Crippen LogP contribution < -0.4 is 10.2 Å². The molecule has 2 aromatic rings. The smallest absolute Gasteiger partial charge is 0.232 e. The van der Waals surface area contributed by atoms with E-state index in [1.54, 1.807) is 11.0 Å². The molecule has 136 valence electrons. The van der Waals surface area contributed by atoms with E-state index in [9.17, 15) is 9.59 Å². The Kier molecular flexibility index (Phi) is 6.12. The summed E-state index contributed by atoms with van der Waals surface area (Å²) in [6.45, 7) is 3.14. The molecule has 1 aliphatic rings. The fraction of sp³-hybridized carbons (Fsp3) is 0.300. The van der Waals surface area contributed by atoms with E-state index in [1.807, 2.05) is 36.4 Å². The van der Waals surface area contributed by atoms with Gasteiger partial charge in [0.1, 0.15) is 6.42 Å². The lowest BCUT2D eigenvalue weighted by atomic mass is 10.2. The zero-order valence-corrected chi connectivity index (χ0v) is 15.3. The van der Waals surface area contributed by atoms with Crippen LogP contribution in [0.5, 0.6) is 0 Å². The van der Waals surface area contributed by atoms with Crippen molar-refractivity contribution in [2.75, 3.05) is 31.1 Å². The van der Waals surface area contributed by atoms with Crippen LogP contribution >= 0.6 is 11.6 Å². The first-order valence-corrected chi connectivity index (χ1v) is 9.09. The first kappa shape index (κ1) is 18.3. The van der Waals surface area contributed by atoms with Crippen molar-refractivity contribution in [3.63, 3.8) is 0 Å². The second-order valence-electron chi connectivity index (χ2n) is 6.25. The molecule has 26 heavy (non-hydrogen) atoms. The second-order valence-corrected chi connectivity index (χ2v) is 6.66. The van der Waals surface area contributed by atoms with E-state index >= 15 is 0 Å². The van der Waals surface area contributed by atoms with Crippen molar-refractivity contribution >= 4 is 29.1 Å². The van der Waals surface area contributed by atoms with Crippen molar-refractivity contribution in [1.82, 2.24) is 10.2 Å². The van der Waals surface area contributed by atoms with Crippen molar-refractivity contribution in [2.24, 2.45) is 0 Å². The van der Waals surface area contributed by atoms with Crippen LogP contribution in [0.4, 0.5) is 5.69 Å². The number of hydrogen-bond acceptors (Lipinski definition) is 3. The molecule has 0 radical (unpaired) electrons. The lowest BCUT2D eigenvalue weighted by Crippen LogP contribution is -2.49. The number of piperazine rings is 1. The Hall–Kier alpha value is -2.53. The van der Waals surface area contributed by atoms with Crippen molar-refractivity contribution < 1.29 is 9.59 Å². The quantitative estimate of drug-likeness (QED) is 0.822. The highest BCUT2D eigenvalue weighted by Crippen LogP contribution is 2.16. The molecule has 0 spiro atoms. The summed E-state index contributed by atoms with van der Waals surface area (Å²) in [5.41, 5.74) is 2.00. The van der Waals surface area contributed by atoms with Crippen LogP contribution in [0, 0.1) is 0 Å². The molecule has 1 N–H and O–H groups in total. The van der Waals surface area contributed by atoms with Crippen molar-refractivity contribution in [3.05, 3.63) is 65.2 Å². The molecule has 2 aromatic carbocycles. The summed E-state index contributed by atoms with van der Waals surface area (Å²) in [5, 5.41) is 3.37. The average molecular weight is 372 g/mol. The Bertz CT molecular complexity index is 759. The topological polar surface area (TPSA) is 52.7 Å². The van der Waals surface area contributed by atoms with Crippen LogP contribution in [-0.2, 0) is 16.1 Å². The molecule has 6 heteroatoms. The highest BCUT2D eigenvalue weighted by atomic mass is 35.5. The monoisotopic (exact) mass is 371 g/mol. The molecule has 1 heterocycles. The van der Waals surface area contributed by atoms with Gasteiger partial charge in [0.15, 0.2) is 0 Å². The van der Waals surface area contributed by atoms with Gasteiger partial charge in [0.2, 0.25) is 11.8 Å². The van der Waals surface area contributed by atoms with Gasteiger partial charge in [-0.1, -0.05) is 48.0 Å². The number of anilines is 1. The van der Waals surface area contributed by atoms with Crippen LogP contribution in [0.1, 0.15) is 12.0 Å². The summed E-state index contributed by atoms with van der Waals surface area (Å²) in [5.74, 6) is -0.408. The molecule has 0 atom stereocenters. The first-order valence-electron chi connectivity index (χ1n) is 8.71. The third kappa shape index (κ3) is 4.76. The third-order valence-corrected chi connectivity index (χ3v) is 4.87. The first-order chi connectivity index (χ1) is 12.6. The lowest BCUT2D eigenvalue weighted by molar-refractivity contribution is -0.136. The highest BCUT2D eigenvalue weighted by molar-refractivity contribution is 6.31. The molecule has 5 nitrogen and oxygen atoms in total. The molecule has 3 rings (SSSR count). The molecule has 1 fully saturated rings. The SMILES string of the molecule is O=C(CC(=O)N1CCN(c2ccccc2)CC1)NCc1ccccc1Cl. The standard InChI is InChI=1S/C20H22ClN3O2/c21-18-9-5-4-6-16(18)15-22-19(25)14-20(26)24-12-10-23(11-13-24)17-7-2-1-3-8-17/h1-9H,10-15H2,(H,22,25). The fourth-order valence-corrected chi connectivity index (χ4v) is 3.20. The molecule has 0 aromatic heterocycles. The fourth-order valence-electron chi connectivity index (χ4n) is 3.00. The van der Waals surface area contributed by atoms with Gasteiger partial charge >= 0.3 is 0 Å². The molecular weight excluding hydrogens is 350 g/mol. The molecule has 0 aliphatic carbocycles. The molecule has 0 unspecified atom stereocenters. The number of para-hydroxylation sites is 1. The van der Waals surface area contributed by atoms with E-state index in [1.165, 1.54) is 0 Å². The van der Waals surface area contributed by atoms with Crippen LogP contribution in [0.15, 0.2) is 54.6 Å². The summed E-state index contributed by atoms with van der Waals surface area (Å²) in [7, 11) is 0. The van der Waals surface area contributed by atoms with E-state index in [4.69, 9.17) is 11.6 Å². The number of nitrogens with one attached hydrogen (secondary N) is 1. The number of carbonyl (C=O) groups excluding carboxylic acids is 2. The zero-order valence-electron chi connectivity index (χ0n) is 14.5. The number of rotatable bonds is 5. The Morgan fingerprint density at radius 3 is 2.27 bits per heavy atom. The summed E-state index contributed by atoms with van der Waals surface area (Å²) < 4.78 is 0. The molecule has 0 saturated carbocycles. The largest absolute Gasteiger partial charge is 0.368 e. The molecule has 1 aliphatic heterocycles. The minimum Gasteiger partial charge on any atom is -0.368 e. The van der Waals surface area contributed by atoms with Crippen LogP contribution in [0.3, 0.4) is 0 Å². The van der Waals surface area contributed by atoms with Gasteiger partial charge in [-0.05, 0) is 23.8 Å². The van der Waals surface area contributed by atoms with Crippen molar-refractivity contribution in [3.8, 4) is 0 Å². The maximum absolute atomic E-state index is 12.4. The van der Waals surface area contributed by atoms with Crippen LogP contribution in [-0.4, -0.2) is 42.9 Å². The van der Waals surface area contributed by atoms with E-state index in [0.717, 1.165) is 24.3 Å². The number of nitrogens with zero attached hydrogens (tertiary/aromatic N) is 2. The minimum atomic E-state index is -0.277. The summed E-state index contributed by atoms with van der Waals surface area (Å²) in [4.78, 5) is 28.4. The van der Waals surface area contributed by atoms with E-state index < -0.39 is 0 Å². The van der Waals surface area contributed by atoms with Gasteiger partial charge in [-0.25, -0.2) is 0 Å². The zero-order chi connectivity index (χ0) is 18.4. The van der Waals surface area contributed by atoms with Crippen molar-refractivity contribution in [1.29, 1.82) is 0 Å². The Morgan fingerprint density at radius 1 is 0.923 bits per heavy atom. The lowest BCUT2D eigenvalue weighted by Gasteiger charge is -2.36. The van der Waals surface area contributed by atoms with Gasteiger partial charge in [0, 0.05) is 43.4 Å². The van der Waals surface area contributed by atoms with Gasteiger partial charge in [-0.15, -0.1) is 0 Å². The minimum absolute atomic E-state index is 0.129. The predicted octanol–water partition coefficient (Wildman–Crippen LogP) is 2.70. The Morgan fingerprint density at radius 2 is 1.58 bits per heavy atom. The number of amides is 2. The Labute approximate surface area is 158 Å². The molecule has 0 bridgehead atoms. The van der Waals surface area contributed by atoms with E-state index in [0.29, 0.717) is 24.7 Å². The van der Waals surface area contributed by atoms with Gasteiger partial charge in [0.25, 0.3) is 0 Å². The normalized spacial score (nSPS) is 14.2.